The standard InChI is InChI=1S/C16H14F4N2O4/c17-10-1-3-11(4-2-10)25-8-12-5-6-13(26-12)15(24)21-7-14(23)22-9-16(18,19)20/h1-6H,7-9H2,(H,21,24)(H,22,23). The second-order valence-electron chi connectivity index (χ2n) is 5.08. The predicted octanol–water partition coefficient (Wildman–Crippen LogP) is 2.41. The van der Waals surface area contributed by atoms with Crippen molar-refractivity contribution < 1.29 is 36.3 Å². The van der Waals surface area contributed by atoms with Crippen LogP contribution in [-0.2, 0) is 11.4 Å². The van der Waals surface area contributed by atoms with Crippen molar-refractivity contribution in [3.8, 4) is 5.75 Å². The maximum absolute atomic E-state index is 12.8. The van der Waals surface area contributed by atoms with Crippen LogP contribution >= 0.6 is 0 Å². The summed E-state index contributed by atoms with van der Waals surface area (Å²) in [4.78, 5) is 23.0. The summed E-state index contributed by atoms with van der Waals surface area (Å²) < 4.78 is 59.2. The van der Waals surface area contributed by atoms with Crippen LogP contribution < -0.4 is 15.4 Å². The lowest BCUT2D eigenvalue weighted by atomic mass is 10.3. The zero-order chi connectivity index (χ0) is 19.2. The summed E-state index contributed by atoms with van der Waals surface area (Å²) in [6, 6.07) is 8.08. The Kier molecular flexibility index (Phi) is 6.21. The number of benzene rings is 1. The first kappa shape index (κ1) is 19.3. The Balaban J connectivity index is 1.78. The van der Waals surface area contributed by atoms with Crippen LogP contribution in [0.3, 0.4) is 0 Å². The molecule has 2 aromatic rings. The van der Waals surface area contributed by atoms with Gasteiger partial charge in [-0.25, -0.2) is 4.39 Å². The van der Waals surface area contributed by atoms with E-state index in [4.69, 9.17) is 9.15 Å². The zero-order valence-electron chi connectivity index (χ0n) is 13.2. The van der Waals surface area contributed by atoms with Gasteiger partial charge in [-0.05, 0) is 36.4 Å². The van der Waals surface area contributed by atoms with Crippen LogP contribution in [0.15, 0.2) is 40.8 Å². The quantitative estimate of drug-likeness (QED) is 0.730. The lowest BCUT2D eigenvalue weighted by Gasteiger charge is -2.08. The van der Waals surface area contributed by atoms with Gasteiger partial charge in [-0.15, -0.1) is 0 Å². The lowest BCUT2D eigenvalue weighted by Crippen LogP contribution is -2.40. The van der Waals surface area contributed by atoms with Gasteiger partial charge in [0, 0.05) is 0 Å². The number of hydrogen-bond acceptors (Lipinski definition) is 4. The Morgan fingerprint density at radius 3 is 2.38 bits per heavy atom. The number of hydrogen-bond donors (Lipinski definition) is 2. The molecule has 0 bridgehead atoms. The minimum Gasteiger partial charge on any atom is -0.486 e. The number of alkyl halides is 3. The van der Waals surface area contributed by atoms with E-state index in [1.165, 1.54) is 36.4 Å². The molecule has 0 aliphatic rings. The van der Waals surface area contributed by atoms with Crippen molar-refractivity contribution in [2.75, 3.05) is 13.1 Å². The Hall–Kier alpha value is -3.04. The molecule has 2 N–H and O–H groups in total. The van der Waals surface area contributed by atoms with Crippen molar-refractivity contribution in [3.63, 3.8) is 0 Å². The highest BCUT2D eigenvalue weighted by atomic mass is 19.4. The van der Waals surface area contributed by atoms with Crippen LogP contribution in [0.5, 0.6) is 5.75 Å². The minimum atomic E-state index is -4.53. The number of carbonyl (C=O) groups is 2. The summed E-state index contributed by atoms with van der Waals surface area (Å²) >= 11 is 0. The zero-order valence-corrected chi connectivity index (χ0v) is 13.2. The van der Waals surface area contributed by atoms with Crippen molar-refractivity contribution in [3.05, 3.63) is 53.7 Å². The number of carbonyl (C=O) groups excluding carboxylic acids is 2. The molecule has 0 radical (unpaired) electrons. The Labute approximate surface area is 145 Å². The largest absolute Gasteiger partial charge is 0.486 e. The number of halogens is 4. The highest BCUT2D eigenvalue weighted by molar-refractivity contribution is 5.94. The van der Waals surface area contributed by atoms with Crippen LogP contribution in [0, 0.1) is 5.82 Å². The molecule has 1 aromatic heterocycles. The molecule has 2 rings (SSSR count). The summed E-state index contributed by atoms with van der Waals surface area (Å²) in [7, 11) is 0. The second-order valence-corrected chi connectivity index (χ2v) is 5.08. The number of furan rings is 1. The first-order chi connectivity index (χ1) is 12.2. The Bertz CT molecular complexity index is 756. The van der Waals surface area contributed by atoms with Gasteiger partial charge in [0.1, 0.15) is 30.5 Å². The van der Waals surface area contributed by atoms with Gasteiger partial charge >= 0.3 is 6.18 Å². The normalized spacial score (nSPS) is 11.1. The van der Waals surface area contributed by atoms with Gasteiger partial charge in [0.05, 0.1) is 6.54 Å². The lowest BCUT2D eigenvalue weighted by molar-refractivity contribution is -0.137. The van der Waals surface area contributed by atoms with Gasteiger partial charge in [-0.1, -0.05) is 0 Å². The summed E-state index contributed by atoms with van der Waals surface area (Å²) in [5.74, 6) is -1.60. The van der Waals surface area contributed by atoms with Crippen molar-refractivity contribution >= 4 is 11.8 Å². The molecule has 0 saturated carbocycles. The fraction of sp³-hybridized carbons (Fsp3) is 0.250. The molecule has 1 aromatic carbocycles. The number of nitrogens with one attached hydrogen (secondary N) is 2. The summed E-state index contributed by atoms with van der Waals surface area (Å²) in [6.45, 7) is -2.13. The topological polar surface area (TPSA) is 80.6 Å². The fourth-order valence-electron chi connectivity index (χ4n) is 1.77. The van der Waals surface area contributed by atoms with E-state index >= 15 is 0 Å². The summed E-state index contributed by atoms with van der Waals surface area (Å²) in [5.41, 5.74) is 0. The van der Waals surface area contributed by atoms with E-state index in [1.807, 2.05) is 0 Å². The van der Waals surface area contributed by atoms with Gasteiger partial charge in [0.25, 0.3) is 5.91 Å². The molecule has 0 unspecified atom stereocenters. The van der Waals surface area contributed by atoms with Crippen LogP contribution in [0.2, 0.25) is 0 Å². The maximum Gasteiger partial charge on any atom is 0.405 e. The number of amides is 2. The van der Waals surface area contributed by atoms with E-state index in [2.05, 4.69) is 5.32 Å². The average molecular weight is 374 g/mol. The predicted molar refractivity (Wildman–Crippen MR) is 80.8 cm³/mol. The van der Waals surface area contributed by atoms with Crippen LogP contribution in [0.1, 0.15) is 16.3 Å². The SMILES string of the molecule is O=C(CNC(=O)c1ccc(COc2ccc(F)cc2)o1)NCC(F)(F)F. The van der Waals surface area contributed by atoms with Crippen molar-refractivity contribution in [1.29, 1.82) is 0 Å². The van der Waals surface area contributed by atoms with Crippen molar-refractivity contribution in [2.45, 2.75) is 12.8 Å². The highest BCUT2D eigenvalue weighted by Crippen LogP contribution is 2.15. The van der Waals surface area contributed by atoms with Gasteiger partial charge in [0.15, 0.2) is 5.76 Å². The fourth-order valence-corrected chi connectivity index (χ4v) is 1.77. The molecule has 0 aliphatic carbocycles. The molecule has 10 heteroatoms. The van der Waals surface area contributed by atoms with Crippen molar-refractivity contribution in [1.82, 2.24) is 10.6 Å². The van der Waals surface area contributed by atoms with Gasteiger partial charge < -0.3 is 19.8 Å². The van der Waals surface area contributed by atoms with Gasteiger partial charge in [-0.2, -0.15) is 13.2 Å². The molecule has 1 heterocycles. The molecule has 140 valence electrons. The Morgan fingerprint density at radius 2 is 1.73 bits per heavy atom. The van der Waals surface area contributed by atoms with E-state index < -0.39 is 36.9 Å². The Morgan fingerprint density at radius 1 is 1.04 bits per heavy atom. The molecule has 0 atom stereocenters. The van der Waals surface area contributed by atoms with Crippen LogP contribution in [0.4, 0.5) is 17.6 Å². The van der Waals surface area contributed by atoms with E-state index in [-0.39, 0.29) is 12.4 Å². The first-order valence-electron chi connectivity index (χ1n) is 7.32. The van der Waals surface area contributed by atoms with Crippen LogP contribution in [-0.4, -0.2) is 31.1 Å². The van der Waals surface area contributed by atoms with Crippen molar-refractivity contribution in [2.24, 2.45) is 0 Å². The monoisotopic (exact) mass is 374 g/mol. The second kappa shape index (κ2) is 8.37. The third-order valence-electron chi connectivity index (χ3n) is 2.98. The number of ether oxygens (including phenoxy) is 1. The van der Waals surface area contributed by atoms with Gasteiger partial charge in [0.2, 0.25) is 5.91 Å². The summed E-state index contributed by atoms with van der Waals surface area (Å²) in [6.07, 6.45) is -4.53. The highest BCUT2D eigenvalue weighted by Gasteiger charge is 2.27. The molecule has 0 fully saturated rings. The van der Waals surface area contributed by atoms with Gasteiger partial charge in [-0.3, -0.25) is 9.59 Å². The smallest absolute Gasteiger partial charge is 0.405 e. The van der Waals surface area contributed by atoms with E-state index in [0.29, 0.717) is 11.5 Å². The summed E-state index contributed by atoms with van der Waals surface area (Å²) in [5, 5.41) is 3.75. The molecule has 0 saturated heterocycles. The minimum absolute atomic E-state index is 0.0228. The molecule has 6 nitrogen and oxygen atoms in total. The third kappa shape index (κ3) is 6.46. The molecule has 26 heavy (non-hydrogen) atoms. The third-order valence-corrected chi connectivity index (χ3v) is 2.98. The van der Waals surface area contributed by atoms with Crippen LogP contribution in [0.25, 0.3) is 0 Å². The molecular weight excluding hydrogens is 360 g/mol. The van der Waals surface area contributed by atoms with E-state index in [0.717, 1.165) is 0 Å². The first-order valence-corrected chi connectivity index (χ1v) is 7.32. The maximum atomic E-state index is 12.8. The molecule has 2 amide bonds. The number of rotatable bonds is 7. The van der Waals surface area contributed by atoms with E-state index in [9.17, 15) is 27.2 Å². The van der Waals surface area contributed by atoms with E-state index in [1.54, 1.807) is 5.32 Å². The molecule has 0 spiro atoms. The molecule has 0 aliphatic heterocycles. The average Bonchev–Trinajstić information content (AvgIpc) is 3.06. The molecular formula is C16H14F4N2O4.